The van der Waals surface area contributed by atoms with Crippen LogP contribution < -0.4 is 5.32 Å². The Hall–Kier alpha value is -2.82. The van der Waals surface area contributed by atoms with Gasteiger partial charge in [-0.05, 0) is 45.4 Å². The van der Waals surface area contributed by atoms with Crippen molar-refractivity contribution in [3.05, 3.63) is 29.5 Å². The summed E-state index contributed by atoms with van der Waals surface area (Å²) in [5.74, 6) is -0.232. The number of nitrogens with zero attached hydrogens (tertiary/aromatic N) is 3. The van der Waals surface area contributed by atoms with Crippen LogP contribution in [0.4, 0.5) is 18.0 Å². The first-order chi connectivity index (χ1) is 14.8. The highest BCUT2D eigenvalue weighted by Gasteiger charge is 2.34. The summed E-state index contributed by atoms with van der Waals surface area (Å²) >= 11 is 0. The van der Waals surface area contributed by atoms with Gasteiger partial charge in [-0.1, -0.05) is 0 Å². The maximum Gasteiger partial charge on any atom is 0.522 e. The minimum Gasteiger partial charge on any atom is -0.444 e. The second kappa shape index (κ2) is 8.97. The lowest BCUT2D eigenvalue weighted by Gasteiger charge is -2.39. The fourth-order valence-electron chi connectivity index (χ4n) is 3.42. The number of halogens is 3. The molecule has 1 aromatic carbocycles. The molecule has 1 aliphatic heterocycles. The van der Waals surface area contributed by atoms with Crippen molar-refractivity contribution in [3.8, 4) is 0 Å². The molecule has 0 radical (unpaired) electrons. The summed E-state index contributed by atoms with van der Waals surface area (Å²) in [6, 6.07) is 3.43. The standard InChI is InChI=1S/C21H27F3N4O4/c1-13-7-17-15(8-16(13)18(29)25-5-6-31-21(22,23)24)12-28(26-17)11-14-9-27(10-14)19(30)32-20(2,3)4/h7-8,12,14H,5-6,9-11H2,1-4H3,(H,25,29). The molecule has 11 heteroatoms. The number of alkyl halides is 3. The van der Waals surface area contributed by atoms with Crippen LogP contribution >= 0.6 is 0 Å². The molecule has 2 amide bonds. The lowest BCUT2D eigenvalue weighted by Crippen LogP contribution is -2.52. The average Bonchev–Trinajstić information content (AvgIpc) is 2.99. The van der Waals surface area contributed by atoms with Gasteiger partial charge >= 0.3 is 12.5 Å². The van der Waals surface area contributed by atoms with Crippen LogP contribution in [0.25, 0.3) is 10.9 Å². The molecule has 0 aliphatic carbocycles. The van der Waals surface area contributed by atoms with E-state index in [1.54, 1.807) is 28.6 Å². The Labute approximate surface area is 183 Å². The van der Waals surface area contributed by atoms with E-state index in [0.717, 1.165) is 5.39 Å². The third-order valence-corrected chi connectivity index (χ3v) is 4.85. The van der Waals surface area contributed by atoms with Gasteiger partial charge in [-0.3, -0.25) is 14.2 Å². The summed E-state index contributed by atoms with van der Waals surface area (Å²) in [6.45, 7) is 8.07. The Balaban J connectivity index is 1.56. The molecule has 176 valence electrons. The summed E-state index contributed by atoms with van der Waals surface area (Å²) in [5.41, 5.74) is 1.21. The smallest absolute Gasteiger partial charge is 0.444 e. The highest BCUT2D eigenvalue weighted by atomic mass is 19.4. The van der Waals surface area contributed by atoms with Crippen LogP contribution in [-0.2, 0) is 16.0 Å². The van der Waals surface area contributed by atoms with E-state index < -0.39 is 24.5 Å². The van der Waals surface area contributed by atoms with E-state index in [0.29, 0.717) is 36.3 Å². The molecule has 0 unspecified atom stereocenters. The Morgan fingerprint density at radius 3 is 2.53 bits per heavy atom. The van der Waals surface area contributed by atoms with Gasteiger partial charge in [0, 0.05) is 49.2 Å². The third-order valence-electron chi connectivity index (χ3n) is 4.85. The van der Waals surface area contributed by atoms with Gasteiger partial charge in [0.05, 0.1) is 12.1 Å². The number of nitrogens with one attached hydrogen (secondary N) is 1. The zero-order valence-corrected chi connectivity index (χ0v) is 18.5. The number of likely N-dealkylation sites (tertiary alicyclic amines) is 1. The minimum absolute atomic E-state index is 0.245. The van der Waals surface area contributed by atoms with Crippen molar-refractivity contribution in [2.45, 2.75) is 46.2 Å². The van der Waals surface area contributed by atoms with E-state index in [9.17, 15) is 22.8 Å². The van der Waals surface area contributed by atoms with Gasteiger partial charge in [-0.15, -0.1) is 13.2 Å². The normalized spacial score (nSPS) is 15.0. The SMILES string of the molecule is Cc1cc2nn(CC3CN(C(=O)OC(C)(C)C)C3)cc2cc1C(=O)NCCOC(F)(F)F. The molecule has 1 aliphatic rings. The van der Waals surface area contributed by atoms with E-state index >= 15 is 0 Å². The van der Waals surface area contributed by atoms with Gasteiger partial charge in [0.1, 0.15) is 5.60 Å². The molecule has 32 heavy (non-hydrogen) atoms. The van der Waals surface area contributed by atoms with E-state index in [4.69, 9.17) is 4.74 Å². The number of fused-ring (bicyclic) bond motifs is 1. The molecule has 2 aromatic rings. The molecule has 0 atom stereocenters. The monoisotopic (exact) mass is 456 g/mol. The Morgan fingerprint density at radius 1 is 1.22 bits per heavy atom. The summed E-state index contributed by atoms with van der Waals surface area (Å²) < 4.78 is 46.8. The summed E-state index contributed by atoms with van der Waals surface area (Å²) in [6.07, 6.45) is -3.24. The summed E-state index contributed by atoms with van der Waals surface area (Å²) in [7, 11) is 0. The molecule has 2 heterocycles. The van der Waals surface area contributed by atoms with Crippen molar-refractivity contribution < 1.29 is 32.2 Å². The van der Waals surface area contributed by atoms with Crippen LogP contribution in [0, 0.1) is 12.8 Å². The maximum atomic E-state index is 12.3. The number of rotatable bonds is 6. The molecule has 0 saturated carbocycles. The van der Waals surface area contributed by atoms with E-state index in [2.05, 4.69) is 15.2 Å². The van der Waals surface area contributed by atoms with Crippen LogP contribution in [0.5, 0.6) is 0 Å². The van der Waals surface area contributed by atoms with Crippen LogP contribution in [0.2, 0.25) is 0 Å². The van der Waals surface area contributed by atoms with E-state index in [1.165, 1.54) is 0 Å². The highest BCUT2D eigenvalue weighted by molar-refractivity contribution is 5.99. The fraction of sp³-hybridized carbons (Fsp3) is 0.571. The van der Waals surface area contributed by atoms with Gasteiger partial charge in [0.2, 0.25) is 0 Å². The molecular weight excluding hydrogens is 429 g/mol. The second-order valence-corrected chi connectivity index (χ2v) is 8.88. The minimum atomic E-state index is -4.72. The van der Waals surface area contributed by atoms with Crippen molar-refractivity contribution >= 4 is 22.9 Å². The maximum absolute atomic E-state index is 12.3. The van der Waals surface area contributed by atoms with E-state index in [1.807, 2.05) is 27.0 Å². The van der Waals surface area contributed by atoms with Crippen molar-refractivity contribution in [2.75, 3.05) is 26.2 Å². The number of ether oxygens (including phenoxy) is 2. The summed E-state index contributed by atoms with van der Waals surface area (Å²) in [5, 5.41) is 7.70. The zero-order valence-electron chi connectivity index (χ0n) is 18.5. The second-order valence-electron chi connectivity index (χ2n) is 8.88. The number of carbonyl (C=O) groups excluding carboxylic acids is 2. The summed E-state index contributed by atoms with van der Waals surface area (Å²) in [4.78, 5) is 26.0. The van der Waals surface area contributed by atoms with Gasteiger partial charge in [-0.2, -0.15) is 5.10 Å². The number of aromatic nitrogens is 2. The molecule has 1 saturated heterocycles. The number of hydrogen-bond donors (Lipinski definition) is 1. The molecule has 8 nitrogen and oxygen atoms in total. The molecule has 1 N–H and O–H groups in total. The van der Waals surface area contributed by atoms with Gasteiger partial charge < -0.3 is 15.0 Å². The Bertz CT molecular complexity index is 991. The number of carbonyl (C=O) groups is 2. The fourth-order valence-corrected chi connectivity index (χ4v) is 3.42. The molecule has 1 aromatic heterocycles. The molecule has 1 fully saturated rings. The molecule has 3 rings (SSSR count). The first kappa shape index (κ1) is 23.8. The van der Waals surface area contributed by atoms with Crippen LogP contribution in [0.15, 0.2) is 18.3 Å². The van der Waals surface area contributed by atoms with E-state index in [-0.39, 0.29) is 18.6 Å². The van der Waals surface area contributed by atoms with Crippen molar-refractivity contribution in [1.29, 1.82) is 0 Å². The van der Waals surface area contributed by atoms with Crippen LogP contribution in [0.3, 0.4) is 0 Å². The number of amides is 2. The van der Waals surface area contributed by atoms with Gasteiger partial charge in [0.15, 0.2) is 0 Å². The third kappa shape index (κ3) is 6.35. The lowest BCUT2D eigenvalue weighted by molar-refractivity contribution is -0.323. The quantitative estimate of drug-likeness (QED) is 0.673. The highest BCUT2D eigenvalue weighted by Crippen LogP contribution is 2.23. The molecule has 0 bridgehead atoms. The predicted octanol–water partition coefficient (Wildman–Crippen LogP) is 3.48. The number of hydrogen-bond acceptors (Lipinski definition) is 5. The lowest BCUT2D eigenvalue weighted by atomic mass is 10.0. The number of aryl methyl sites for hydroxylation is 1. The topological polar surface area (TPSA) is 85.7 Å². The molecular formula is C21H27F3N4O4. The first-order valence-electron chi connectivity index (χ1n) is 10.3. The Kier molecular flexibility index (Phi) is 6.68. The van der Waals surface area contributed by atoms with Gasteiger partial charge in [-0.25, -0.2) is 4.79 Å². The zero-order chi connectivity index (χ0) is 23.7. The molecule has 0 spiro atoms. The van der Waals surface area contributed by atoms with Gasteiger partial charge in [0.25, 0.3) is 5.91 Å². The predicted molar refractivity (Wildman–Crippen MR) is 110 cm³/mol. The van der Waals surface area contributed by atoms with Crippen molar-refractivity contribution in [3.63, 3.8) is 0 Å². The average molecular weight is 456 g/mol. The van der Waals surface area contributed by atoms with Crippen molar-refractivity contribution in [2.24, 2.45) is 5.92 Å². The first-order valence-corrected chi connectivity index (χ1v) is 10.3. The van der Waals surface area contributed by atoms with Crippen molar-refractivity contribution in [1.82, 2.24) is 20.0 Å². The van der Waals surface area contributed by atoms with Crippen LogP contribution in [0.1, 0.15) is 36.7 Å². The largest absolute Gasteiger partial charge is 0.522 e. The van der Waals surface area contributed by atoms with Crippen LogP contribution in [-0.4, -0.2) is 64.9 Å². The Morgan fingerprint density at radius 2 is 1.91 bits per heavy atom. The number of benzene rings is 1.